The van der Waals surface area contributed by atoms with Crippen molar-refractivity contribution >= 4 is 29.1 Å². The summed E-state index contributed by atoms with van der Waals surface area (Å²) in [6.07, 6.45) is 0.888. The van der Waals surface area contributed by atoms with E-state index in [1.165, 1.54) is 7.11 Å². The van der Waals surface area contributed by atoms with Crippen molar-refractivity contribution in [2.24, 2.45) is 0 Å². The number of nitrogens with zero attached hydrogens (tertiary/aromatic N) is 1. The zero-order valence-electron chi connectivity index (χ0n) is 10.5. The first-order valence-electron chi connectivity index (χ1n) is 6.03. The van der Waals surface area contributed by atoms with Crippen molar-refractivity contribution in [3.63, 3.8) is 0 Å². The first-order chi connectivity index (χ1) is 9.02. The molecule has 1 aromatic carbocycles. The van der Waals surface area contributed by atoms with Crippen LogP contribution in [0.4, 0.5) is 0 Å². The number of carbonyl (C=O) groups excluding carboxylic acids is 1. The summed E-state index contributed by atoms with van der Waals surface area (Å²) in [7, 11) is 1.47. The number of likely N-dealkylation sites (tertiary alicyclic amines) is 1. The second kappa shape index (κ2) is 5.99. The summed E-state index contributed by atoms with van der Waals surface area (Å²) in [6, 6.07) is 3.11. The highest BCUT2D eigenvalue weighted by molar-refractivity contribution is 6.37. The highest BCUT2D eigenvalue weighted by Crippen LogP contribution is 2.34. The Balaban J connectivity index is 2.20. The van der Waals surface area contributed by atoms with Crippen LogP contribution >= 0.6 is 23.2 Å². The fourth-order valence-corrected chi connectivity index (χ4v) is 2.77. The summed E-state index contributed by atoms with van der Waals surface area (Å²) in [4.78, 5) is 14.0. The molecule has 1 fully saturated rings. The standard InChI is InChI=1S/C13H15Cl2NO3/c1-19-12-10(14)6-8(7-11(12)15)13(18)16-4-2-9(17)3-5-16/h6-7,9,17H,2-5H2,1H3. The number of aliphatic hydroxyl groups excluding tert-OH is 1. The summed E-state index contributed by atoms with van der Waals surface area (Å²) in [5, 5.41) is 10.1. The van der Waals surface area contributed by atoms with Gasteiger partial charge in [0.15, 0.2) is 5.75 Å². The lowest BCUT2D eigenvalue weighted by Gasteiger charge is -2.29. The monoisotopic (exact) mass is 303 g/mol. The lowest BCUT2D eigenvalue weighted by atomic mass is 10.1. The van der Waals surface area contributed by atoms with Gasteiger partial charge >= 0.3 is 0 Å². The molecule has 0 aliphatic carbocycles. The molecule has 0 unspecified atom stereocenters. The van der Waals surface area contributed by atoms with Gasteiger partial charge in [0.2, 0.25) is 0 Å². The SMILES string of the molecule is COc1c(Cl)cc(C(=O)N2CCC(O)CC2)cc1Cl. The molecule has 6 heteroatoms. The smallest absolute Gasteiger partial charge is 0.253 e. The second-order valence-corrected chi connectivity index (χ2v) is 5.31. The van der Waals surface area contributed by atoms with E-state index in [1.807, 2.05) is 0 Å². The van der Waals surface area contributed by atoms with E-state index in [-0.39, 0.29) is 12.0 Å². The topological polar surface area (TPSA) is 49.8 Å². The van der Waals surface area contributed by atoms with Gasteiger partial charge in [-0.05, 0) is 25.0 Å². The van der Waals surface area contributed by atoms with Crippen LogP contribution in [0, 0.1) is 0 Å². The van der Waals surface area contributed by atoms with Gasteiger partial charge in [-0.2, -0.15) is 0 Å². The Labute approximate surface area is 121 Å². The average Bonchev–Trinajstić information content (AvgIpc) is 2.38. The van der Waals surface area contributed by atoms with Crippen molar-refractivity contribution in [3.8, 4) is 5.75 Å². The Bertz CT molecular complexity index is 462. The quantitative estimate of drug-likeness (QED) is 0.913. The minimum absolute atomic E-state index is 0.127. The lowest BCUT2D eigenvalue weighted by Crippen LogP contribution is -2.40. The fraction of sp³-hybridized carbons (Fsp3) is 0.462. The van der Waals surface area contributed by atoms with Crippen LogP contribution in [0.5, 0.6) is 5.75 Å². The largest absolute Gasteiger partial charge is 0.494 e. The van der Waals surface area contributed by atoms with E-state index in [1.54, 1.807) is 17.0 Å². The van der Waals surface area contributed by atoms with Gasteiger partial charge in [-0.25, -0.2) is 0 Å². The number of methoxy groups -OCH3 is 1. The zero-order valence-corrected chi connectivity index (χ0v) is 12.0. The van der Waals surface area contributed by atoms with Crippen LogP contribution < -0.4 is 4.74 Å². The summed E-state index contributed by atoms with van der Waals surface area (Å²) >= 11 is 12.0. The third-order valence-corrected chi connectivity index (χ3v) is 3.76. The number of halogens is 2. The molecule has 1 heterocycles. The average molecular weight is 304 g/mol. The molecule has 0 spiro atoms. The highest BCUT2D eigenvalue weighted by Gasteiger charge is 2.23. The van der Waals surface area contributed by atoms with Crippen molar-refractivity contribution in [1.29, 1.82) is 0 Å². The van der Waals surface area contributed by atoms with Crippen LogP contribution in [-0.2, 0) is 0 Å². The molecule has 0 aromatic heterocycles. The molecule has 4 nitrogen and oxygen atoms in total. The Morgan fingerprint density at radius 3 is 2.32 bits per heavy atom. The molecule has 2 rings (SSSR count). The maximum Gasteiger partial charge on any atom is 0.253 e. The Hall–Kier alpha value is -0.970. The third kappa shape index (κ3) is 3.14. The highest BCUT2D eigenvalue weighted by atomic mass is 35.5. The van der Waals surface area contributed by atoms with Crippen molar-refractivity contribution in [2.75, 3.05) is 20.2 Å². The van der Waals surface area contributed by atoms with Crippen molar-refractivity contribution < 1.29 is 14.6 Å². The number of aliphatic hydroxyl groups is 1. The van der Waals surface area contributed by atoms with Gasteiger partial charge in [-0.15, -0.1) is 0 Å². The summed E-state index contributed by atoms with van der Waals surface area (Å²) in [5.41, 5.74) is 0.437. The Kier molecular flexibility index (Phi) is 4.55. The van der Waals surface area contributed by atoms with E-state index in [2.05, 4.69) is 0 Å². The van der Waals surface area contributed by atoms with E-state index in [0.717, 1.165) is 0 Å². The van der Waals surface area contributed by atoms with Crippen LogP contribution in [0.25, 0.3) is 0 Å². The molecule has 104 valence electrons. The van der Waals surface area contributed by atoms with Gasteiger partial charge < -0.3 is 14.7 Å². The van der Waals surface area contributed by atoms with E-state index in [4.69, 9.17) is 27.9 Å². The van der Waals surface area contributed by atoms with Gasteiger partial charge in [0.1, 0.15) is 0 Å². The van der Waals surface area contributed by atoms with Crippen LogP contribution in [-0.4, -0.2) is 42.2 Å². The predicted octanol–water partition coefficient (Wildman–Crippen LogP) is 2.60. The summed E-state index contributed by atoms with van der Waals surface area (Å²) in [6.45, 7) is 1.09. The summed E-state index contributed by atoms with van der Waals surface area (Å²) in [5.74, 6) is 0.243. The number of hydrogen-bond acceptors (Lipinski definition) is 3. The molecule has 0 atom stereocenters. The zero-order chi connectivity index (χ0) is 14.0. The summed E-state index contributed by atoms with van der Waals surface area (Å²) < 4.78 is 5.05. The van der Waals surface area contributed by atoms with Crippen LogP contribution in [0.3, 0.4) is 0 Å². The van der Waals surface area contributed by atoms with Crippen LogP contribution in [0.15, 0.2) is 12.1 Å². The first kappa shape index (κ1) is 14.4. The number of amides is 1. The molecule has 1 aromatic rings. The van der Waals surface area contributed by atoms with E-state index in [0.29, 0.717) is 47.3 Å². The van der Waals surface area contributed by atoms with E-state index in [9.17, 15) is 9.90 Å². The Morgan fingerprint density at radius 2 is 1.84 bits per heavy atom. The van der Waals surface area contributed by atoms with Crippen LogP contribution in [0.1, 0.15) is 23.2 Å². The number of ether oxygens (including phenoxy) is 1. The van der Waals surface area contributed by atoms with Crippen molar-refractivity contribution in [2.45, 2.75) is 18.9 Å². The maximum atomic E-state index is 12.3. The number of benzene rings is 1. The first-order valence-corrected chi connectivity index (χ1v) is 6.79. The molecule has 0 bridgehead atoms. The minimum Gasteiger partial charge on any atom is -0.494 e. The fourth-order valence-electron chi connectivity index (χ4n) is 2.13. The van der Waals surface area contributed by atoms with Gasteiger partial charge in [0, 0.05) is 18.7 Å². The van der Waals surface area contributed by atoms with E-state index < -0.39 is 0 Å². The number of hydrogen-bond donors (Lipinski definition) is 1. The molecular formula is C13H15Cl2NO3. The predicted molar refractivity (Wildman–Crippen MR) is 74.2 cm³/mol. The molecule has 1 aliphatic heterocycles. The Morgan fingerprint density at radius 1 is 1.32 bits per heavy atom. The van der Waals surface area contributed by atoms with Gasteiger partial charge in [-0.1, -0.05) is 23.2 Å². The van der Waals surface area contributed by atoms with Crippen molar-refractivity contribution in [3.05, 3.63) is 27.7 Å². The van der Waals surface area contributed by atoms with Crippen molar-refractivity contribution in [1.82, 2.24) is 4.90 Å². The number of piperidine rings is 1. The molecular weight excluding hydrogens is 289 g/mol. The molecule has 0 radical (unpaired) electrons. The molecule has 1 N–H and O–H groups in total. The normalized spacial score (nSPS) is 16.5. The molecule has 1 aliphatic rings. The minimum atomic E-state index is -0.313. The lowest BCUT2D eigenvalue weighted by molar-refractivity contribution is 0.0546. The third-order valence-electron chi connectivity index (χ3n) is 3.20. The van der Waals surface area contributed by atoms with Crippen LogP contribution in [0.2, 0.25) is 10.0 Å². The van der Waals surface area contributed by atoms with E-state index >= 15 is 0 Å². The molecule has 19 heavy (non-hydrogen) atoms. The molecule has 1 saturated heterocycles. The number of carbonyl (C=O) groups is 1. The molecule has 0 saturated carbocycles. The maximum absolute atomic E-state index is 12.3. The number of rotatable bonds is 2. The molecule has 1 amide bonds. The second-order valence-electron chi connectivity index (χ2n) is 4.50. The van der Waals surface area contributed by atoms with Gasteiger partial charge in [0.05, 0.1) is 23.3 Å². The van der Waals surface area contributed by atoms with Gasteiger partial charge in [-0.3, -0.25) is 4.79 Å². The van der Waals surface area contributed by atoms with Gasteiger partial charge in [0.25, 0.3) is 5.91 Å².